The molecule has 0 spiro atoms. The number of hydrogen-bond acceptors (Lipinski definition) is 6. The van der Waals surface area contributed by atoms with Crippen LogP contribution in [0.25, 0.3) is 22.0 Å². The standard InChI is InChI=1S/C33H27ClF2N6O3/c1-19(43)25-17-41(28-10-9-21(14-24(25)28)39-30-15-37-11-12-38-30)18-31(44)42-16-20(35)13-29(42)33(45)40-27-8-4-6-23(32(27)36)22-5-2-3-7-26(22)34/h2-12,14-15,17,20,29H,13,16,18H2,1H3,(H,38,39)(H,40,45)/t20-,29+/m1/s1. The Bertz CT molecular complexity index is 1930. The van der Waals surface area contributed by atoms with E-state index < -0.39 is 29.8 Å². The number of carbonyl (C=O) groups is 3. The molecule has 1 aliphatic heterocycles. The Labute approximate surface area is 261 Å². The molecular formula is C33H27ClF2N6O3. The minimum atomic E-state index is -1.44. The second-order valence-corrected chi connectivity index (χ2v) is 11.1. The third kappa shape index (κ3) is 6.12. The molecule has 0 saturated carbocycles. The van der Waals surface area contributed by atoms with E-state index in [-0.39, 0.29) is 36.5 Å². The van der Waals surface area contributed by atoms with Crippen molar-refractivity contribution in [3.8, 4) is 11.1 Å². The number of likely N-dealkylation sites (tertiary alicyclic amines) is 1. The molecule has 12 heteroatoms. The summed E-state index contributed by atoms with van der Waals surface area (Å²) in [6.07, 6.45) is 4.57. The molecule has 0 unspecified atom stereocenters. The predicted molar refractivity (Wildman–Crippen MR) is 168 cm³/mol. The second-order valence-electron chi connectivity index (χ2n) is 10.7. The maximum atomic E-state index is 15.5. The van der Waals surface area contributed by atoms with Gasteiger partial charge in [-0.3, -0.25) is 19.4 Å². The molecule has 9 nitrogen and oxygen atoms in total. The van der Waals surface area contributed by atoms with Crippen molar-refractivity contribution in [2.45, 2.75) is 32.1 Å². The molecule has 1 saturated heterocycles. The molecule has 2 atom stereocenters. The number of ketones is 1. The summed E-state index contributed by atoms with van der Waals surface area (Å²) in [7, 11) is 0. The Morgan fingerprint density at radius 1 is 1.04 bits per heavy atom. The van der Waals surface area contributed by atoms with E-state index in [1.807, 2.05) is 0 Å². The first kappa shape index (κ1) is 29.9. The number of benzene rings is 3. The van der Waals surface area contributed by atoms with Gasteiger partial charge in [-0.2, -0.15) is 0 Å². The quantitative estimate of drug-likeness (QED) is 0.192. The third-order valence-electron chi connectivity index (χ3n) is 7.70. The zero-order valence-electron chi connectivity index (χ0n) is 24.0. The summed E-state index contributed by atoms with van der Waals surface area (Å²) < 4.78 is 31.8. The van der Waals surface area contributed by atoms with Crippen molar-refractivity contribution in [1.82, 2.24) is 19.4 Å². The predicted octanol–water partition coefficient (Wildman–Crippen LogP) is 6.41. The van der Waals surface area contributed by atoms with Gasteiger partial charge in [-0.25, -0.2) is 13.8 Å². The van der Waals surface area contributed by atoms with Crippen molar-refractivity contribution in [2.75, 3.05) is 17.2 Å². The molecule has 3 aromatic carbocycles. The van der Waals surface area contributed by atoms with Crippen LogP contribution in [0.5, 0.6) is 0 Å². The minimum absolute atomic E-state index is 0.111. The van der Waals surface area contributed by atoms with Gasteiger partial charge in [0, 0.05) is 63.3 Å². The number of halogens is 3. The van der Waals surface area contributed by atoms with Crippen LogP contribution in [-0.2, 0) is 16.1 Å². The highest BCUT2D eigenvalue weighted by atomic mass is 35.5. The lowest BCUT2D eigenvalue weighted by Crippen LogP contribution is -2.44. The molecule has 2 aromatic heterocycles. The highest BCUT2D eigenvalue weighted by Gasteiger charge is 2.40. The number of carbonyl (C=O) groups excluding carboxylic acids is 3. The van der Waals surface area contributed by atoms with Crippen LogP contribution < -0.4 is 10.6 Å². The molecule has 0 aliphatic carbocycles. The van der Waals surface area contributed by atoms with E-state index in [9.17, 15) is 18.8 Å². The van der Waals surface area contributed by atoms with Crippen LogP contribution in [0.4, 0.5) is 26.0 Å². The van der Waals surface area contributed by atoms with Gasteiger partial charge >= 0.3 is 0 Å². The normalized spacial score (nSPS) is 16.1. The SMILES string of the molecule is CC(=O)c1cn(CC(=O)N2C[C@H](F)C[C@H]2C(=O)Nc2cccc(-c3ccccc3Cl)c2F)c2ccc(Nc3cnccn3)cc12. The number of amides is 2. The number of Topliss-reactive ketones (excluding diaryl/α,β-unsaturated/α-hetero) is 1. The van der Waals surface area contributed by atoms with E-state index in [1.165, 1.54) is 17.9 Å². The molecule has 1 fully saturated rings. The average molecular weight is 629 g/mol. The van der Waals surface area contributed by atoms with Crippen LogP contribution in [-0.4, -0.2) is 55.8 Å². The van der Waals surface area contributed by atoms with Crippen LogP contribution in [0.15, 0.2) is 85.5 Å². The smallest absolute Gasteiger partial charge is 0.247 e. The van der Waals surface area contributed by atoms with E-state index >= 15 is 4.39 Å². The van der Waals surface area contributed by atoms with E-state index in [0.717, 1.165) is 0 Å². The summed E-state index contributed by atoms with van der Waals surface area (Å²) in [5, 5.41) is 6.62. The Hall–Kier alpha value is -5.16. The minimum Gasteiger partial charge on any atom is -0.339 e. The van der Waals surface area contributed by atoms with Crippen LogP contribution in [0.1, 0.15) is 23.7 Å². The Morgan fingerprint density at radius 3 is 2.60 bits per heavy atom. The van der Waals surface area contributed by atoms with Gasteiger partial charge in [0.25, 0.3) is 0 Å². The largest absolute Gasteiger partial charge is 0.339 e. The first-order valence-electron chi connectivity index (χ1n) is 14.1. The molecule has 2 amide bonds. The second kappa shape index (κ2) is 12.4. The van der Waals surface area contributed by atoms with Gasteiger partial charge in [0.2, 0.25) is 11.8 Å². The fraction of sp³-hybridized carbons (Fsp3) is 0.182. The van der Waals surface area contributed by atoms with Crippen molar-refractivity contribution >= 4 is 57.3 Å². The number of hydrogen-bond donors (Lipinski definition) is 2. The van der Waals surface area contributed by atoms with Crippen LogP contribution >= 0.6 is 11.6 Å². The Kier molecular flexibility index (Phi) is 8.27. The van der Waals surface area contributed by atoms with Gasteiger partial charge in [-0.1, -0.05) is 41.9 Å². The number of anilines is 3. The average Bonchev–Trinajstić information content (AvgIpc) is 3.59. The summed E-state index contributed by atoms with van der Waals surface area (Å²) >= 11 is 6.26. The maximum absolute atomic E-state index is 15.5. The van der Waals surface area contributed by atoms with Crippen molar-refractivity contribution in [3.63, 3.8) is 0 Å². The zero-order chi connectivity index (χ0) is 31.7. The van der Waals surface area contributed by atoms with Gasteiger partial charge < -0.3 is 20.1 Å². The van der Waals surface area contributed by atoms with Crippen LogP contribution in [0.2, 0.25) is 5.02 Å². The van der Waals surface area contributed by atoms with Gasteiger partial charge in [0.15, 0.2) is 11.6 Å². The van der Waals surface area contributed by atoms with E-state index in [0.29, 0.717) is 38.6 Å². The molecule has 6 rings (SSSR count). The zero-order valence-corrected chi connectivity index (χ0v) is 24.8. The lowest BCUT2D eigenvalue weighted by Gasteiger charge is -2.24. The number of fused-ring (bicyclic) bond motifs is 1. The molecule has 0 bridgehead atoms. The number of nitrogens with zero attached hydrogens (tertiary/aromatic N) is 4. The van der Waals surface area contributed by atoms with Crippen LogP contribution in [0.3, 0.4) is 0 Å². The summed E-state index contributed by atoms with van der Waals surface area (Å²) in [6, 6.07) is 15.4. The number of alkyl halides is 1. The van der Waals surface area contributed by atoms with Gasteiger partial charge in [-0.15, -0.1) is 0 Å². The fourth-order valence-corrected chi connectivity index (χ4v) is 5.81. The molecule has 228 valence electrons. The van der Waals surface area contributed by atoms with Crippen molar-refractivity contribution in [1.29, 1.82) is 0 Å². The molecule has 1 aliphatic rings. The maximum Gasteiger partial charge on any atom is 0.247 e. The third-order valence-corrected chi connectivity index (χ3v) is 8.02. The monoisotopic (exact) mass is 628 g/mol. The van der Waals surface area contributed by atoms with E-state index in [1.54, 1.807) is 84.0 Å². The highest BCUT2D eigenvalue weighted by molar-refractivity contribution is 6.33. The van der Waals surface area contributed by atoms with Crippen LogP contribution in [0, 0.1) is 5.82 Å². The van der Waals surface area contributed by atoms with Gasteiger partial charge in [-0.05, 0) is 37.3 Å². The summed E-state index contributed by atoms with van der Waals surface area (Å²) in [4.78, 5) is 48.8. The molecule has 3 heterocycles. The first-order chi connectivity index (χ1) is 21.7. The highest BCUT2D eigenvalue weighted by Crippen LogP contribution is 2.33. The molecule has 0 radical (unpaired) electrons. The van der Waals surface area contributed by atoms with Crippen molar-refractivity contribution in [2.24, 2.45) is 0 Å². The van der Waals surface area contributed by atoms with E-state index in [4.69, 9.17) is 11.6 Å². The molecule has 45 heavy (non-hydrogen) atoms. The number of aromatic nitrogens is 3. The summed E-state index contributed by atoms with van der Waals surface area (Å²) in [6.45, 7) is 0.899. The topological polar surface area (TPSA) is 109 Å². The van der Waals surface area contributed by atoms with E-state index in [2.05, 4.69) is 20.6 Å². The Balaban J connectivity index is 1.23. The first-order valence-corrected chi connectivity index (χ1v) is 14.5. The van der Waals surface area contributed by atoms with Gasteiger partial charge in [0.05, 0.1) is 18.4 Å². The fourth-order valence-electron chi connectivity index (χ4n) is 5.58. The summed E-state index contributed by atoms with van der Waals surface area (Å²) in [5.41, 5.74) is 2.20. The number of nitrogens with one attached hydrogen (secondary N) is 2. The Morgan fingerprint density at radius 2 is 1.84 bits per heavy atom. The molecule has 2 N–H and O–H groups in total. The van der Waals surface area contributed by atoms with Crippen molar-refractivity contribution in [3.05, 3.63) is 102 Å². The lowest BCUT2D eigenvalue weighted by molar-refractivity contribution is -0.137. The lowest BCUT2D eigenvalue weighted by atomic mass is 10.0. The number of rotatable bonds is 8. The van der Waals surface area contributed by atoms with Gasteiger partial charge in [0.1, 0.15) is 24.6 Å². The summed E-state index contributed by atoms with van der Waals surface area (Å²) in [5.74, 6) is -1.61. The van der Waals surface area contributed by atoms with Crippen molar-refractivity contribution < 1.29 is 23.2 Å². The molecule has 5 aromatic rings. The molecular weight excluding hydrogens is 602 g/mol.